The molecule has 0 spiro atoms. The second-order valence-electron chi connectivity index (χ2n) is 6.76. The van der Waals surface area contributed by atoms with Crippen molar-refractivity contribution >= 4 is 17.3 Å². The van der Waals surface area contributed by atoms with Gasteiger partial charge in [-0.15, -0.1) is 0 Å². The van der Waals surface area contributed by atoms with E-state index in [0.717, 1.165) is 5.56 Å². The van der Waals surface area contributed by atoms with Crippen molar-refractivity contribution in [2.24, 2.45) is 0 Å². The number of carbonyl (C=O) groups excluding carboxylic acids is 1. The molecule has 1 heterocycles. The van der Waals surface area contributed by atoms with Gasteiger partial charge in [-0.1, -0.05) is 42.5 Å². The number of benzene rings is 2. The van der Waals surface area contributed by atoms with Crippen LogP contribution in [0, 0.1) is 11.3 Å². The number of para-hydroxylation sites is 1. The molecule has 0 saturated carbocycles. The first kappa shape index (κ1) is 19.1. The van der Waals surface area contributed by atoms with E-state index in [1.165, 1.54) is 0 Å². The first-order valence-corrected chi connectivity index (χ1v) is 9.14. The molecule has 1 amide bonds. The van der Waals surface area contributed by atoms with Crippen molar-refractivity contribution in [3.05, 3.63) is 89.7 Å². The molecule has 0 radical (unpaired) electrons. The van der Waals surface area contributed by atoms with E-state index in [4.69, 9.17) is 0 Å². The molecule has 0 unspecified atom stereocenters. The molecule has 28 heavy (non-hydrogen) atoms. The van der Waals surface area contributed by atoms with Gasteiger partial charge in [0.05, 0.1) is 28.7 Å². The molecular weight excluding hydrogens is 348 g/mol. The summed E-state index contributed by atoms with van der Waals surface area (Å²) in [4.78, 5) is 19.2. The van der Waals surface area contributed by atoms with Gasteiger partial charge in [-0.25, -0.2) is 0 Å². The van der Waals surface area contributed by atoms with Gasteiger partial charge in [0.2, 0.25) is 0 Å². The van der Waals surface area contributed by atoms with Gasteiger partial charge in [0.25, 0.3) is 5.91 Å². The van der Waals surface area contributed by atoms with Crippen molar-refractivity contribution in [3.63, 3.8) is 0 Å². The van der Waals surface area contributed by atoms with E-state index in [9.17, 15) is 10.1 Å². The minimum atomic E-state index is -0.0800. The summed E-state index contributed by atoms with van der Waals surface area (Å²) in [7, 11) is 0. The number of hydrogen-bond donors (Lipinski definition) is 1. The van der Waals surface area contributed by atoms with E-state index in [-0.39, 0.29) is 11.9 Å². The Bertz CT molecular complexity index is 993. The maximum Gasteiger partial charge on any atom is 0.256 e. The molecule has 0 aliphatic heterocycles. The average Bonchev–Trinajstić information content (AvgIpc) is 2.72. The van der Waals surface area contributed by atoms with Crippen LogP contribution >= 0.6 is 0 Å². The number of aromatic nitrogens is 1. The van der Waals surface area contributed by atoms with Crippen molar-refractivity contribution in [2.75, 3.05) is 5.32 Å². The number of nitriles is 1. The van der Waals surface area contributed by atoms with Gasteiger partial charge in [-0.05, 0) is 37.6 Å². The number of carbonyl (C=O) groups is 1. The zero-order valence-corrected chi connectivity index (χ0v) is 16.0. The maximum atomic E-state index is 13.1. The van der Waals surface area contributed by atoms with Crippen LogP contribution in [0.5, 0.6) is 0 Å². The molecule has 0 fully saturated rings. The second kappa shape index (κ2) is 8.83. The fourth-order valence-corrected chi connectivity index (χ4v) is 2.91. The molecule has 5 heteroatoms. The molecule has 5 nitrogen and oxygen atoms in total. The third kappa shape index (κ3) is 4.54. The summed E-state index contributed by atoms with van der Waals surface area (Å²) < 4.78 is 0. The number of amides is 1. The average molecular weight is 370 g/mol. The summed E-state index contributed by atoms with van der Waals surface area (Å²) in [6.07, 6.45) is 3.21. The highest BCUT2D eigenvalue weighted by molar-refractivity contribution is 5.95. The predicted octanol–water partition coefficient (Wildman–Crippen LogP) is 4.75. The summed E-state index contributed by atoms with van der Waals surface area (Å²) in [5.41, 5.74) is 3.46. The summed E-state index contributed by atoms with van der Waals surface area (Å²) in [6.45, 7) is 4.53. The quantitative estimate of drug-likeness (QED) is 0.680. The van der Waals surface area contributed by atoms with E-state index in [0.29, 0.717) is 29.0 Å². The lowest BCUT2D eigenvalue weighted by Crippen LogP contribution is -2.36. The van der Waals surface area contributed by atoms with Gasteiger partial charge >= 0.3 is 0 Å². The highest BCUT2D eigenvalue weighted by Gasteiger charge is 2.20. The van der Waals surface area contributed by atoms with Crippen LogP contribution in [0.15, 0.2) is 73.1 Å². The van der Waals surface area contributed by atoms with Crippen LogP contribution in [0.4, 0.5) is 11.4 Å². The molecule has 0 bridgehead atoms. The van der Waals surface area contributed by atoms with Crippen LogP contribution in [0.2, 0.25) is 0 Å². The van der Waals surface area contributed by atoms with E-state index in [1.807, 2.05) is 67.3 Å². The van der Waals surface area contributed by atoms with Crippen molar-refractivity contribution in [3.8, 4) is 6.07 Å². The molecule has 2 aromatic carbocycles. The molecule has 3 rings (SSSR count). The fraction of sp³-hybridized carbons (Fsp3) is 0.174. The van der Waals surface area contributed by atoms with Gasteiger partial charge in [0.15, 0.2) is 0 Å². The normalized spacial score (nSPS) is 10.4. The summed E-state index contributed by atoms with van der Waals surface area (Å²) >= 11 is 0. The van der Waals surface area contributed by atoms with Crippen molar-refractivity contribution in [2.45, 2.75) is 26.4 Å². The first-order valence-electron chi connectivity index (χ1n) is 9.14. The van der Waals surface area contributed by atoms with Crippen LogP contribution in [0.25, 0.3) is 0 Å². The number of anilines is 2. The number of nitrogens with zero attached hydrogens (tertiary/aromatic N) is 3. The summed E-state index contributed by atoms with van der Waals surface area (Å²) in [5, 5.41) is 12.4. The molecule has 0 atom stereocenters. The lowest BCUT2D eigenvalue weighted by Gasteiger charge is -2.27. The van der Waals surface area contributed by atoms with Crippen LogP contribution < -0.4 is 5.32 Å². The summed E-state index contributed by atoms with van der Waals surface area (Å²) in [6, 6.07) is 21.1. The highest BCUT2D eigenvalue weighted by atomic mass is 16.2. The van der Waals surface area contributed by atoms with Gasteiger partial charge in [0.1, 0.15) is 6.07 Å². The van der Waals surface area contributed by atoms with Gasteiger partial charge in [-0.3, -0.25) is 9.78 Å². The zero-order chi connectivity index (χ0) is 19.9. The Morgan fingerprint density at radius 1 is 1.11 bits per heavy atom. The van der Waals surface area contributed by atoms with E-state index in [1.54, 1.807) is 24.5 Å². The topological polar surface area (TPSA) is 69.0 Å². The molecule has 1 aromatic heterocycles. The Morgan fingerprint density at radius 3 is 2.54 bits per heavy atom. The van der Waals surface area contributed by atoms with Gasteiger partial charge in [0, 0.05) is 18.8 Å². The van der Waals surface area contributed by atoms with Gasteiger partial charge in [-0.2, -0.15) is 5.26 Å². The van der Waals surface area contributed by atoms with E-state index in [2.05, 4.69) is 16.4 Å². The summed E-state index contributed by atoms with van der Waals surface area (Å²) in [5.74, 6) is -0.0800. The number of nitrogens with one attached hydrogen (secondary N) is 1. The molecule has 0 aliphatic rings. The Labute approximate surface area is 165 Å². The van der Waals surface area contributed by atoms with Crippen LogP contribution in [-0.4, -0.2) is 21.8 Å². The van der Waals surface area contributed by atoms with E-state index < -0.39 is 0 Å². The molecule has 140 valence electrons. The number of hydrogen-bond acceptors (Lipinski definition) is 4. The number of pyridine rings is 1. The monoisotopic (exact) mass is 370 g/mol. The Kier molecular flexibility index (Phi) is 6.03. The predicted molar refractivity (Wildman–Crippen MR) is 110 cm³/mol. The standard InChI is InChI=1S/C23H22N4O/c1-17(2)27(16-18-8-4-3-5-9-18)23(28)20-12-21(15-25-14-20)26-22-11-7-6-10-19(22)13-24/h3-12,14-15,17,26H,16H2,1-2H3. The maximum absolute atomic E-state index is 13.1. The third-order valence-corrected chi connectivity index (χ3v) is 4.39. The van der Waals surface area contributed by atoms with Crippen molar-refractivity contribution in [1.29, 1.82) is 5.26 Å². The van der Waals surface area contributed by atoms with Gasteiger partial charge < -0.3 is 10.2 Å². The zero-order valence-electron chi connectivity index (χ0n) is 16.0. The lowest BCUT2D eigenvalue weighted by molar-refractivity contribution is 0.0690. The van der Waals surface area contributed by atoms with Crippen LogP contribution in [0.1, 0.15) is 35.3 Å². The highest BCUT2D eigenvalue weighted by Crippen LogP contribution is 2.21. The lowest BCUT2D eigenvalue weighted by atomic mass is 10.1. The van der Waals surface area contributed by atoms with Crippen molar-refractivity contribution in [1.82, 2.24) is 9.88 Å². The SMILES string of the molecule is CC(C)N(Cc1ccccc1)C(=O)c1cncc(Nc2ccccc2C#N)c1. The third-order valence-electron chi connectivity index (χ3n) is 4.39. The Balaban J connectivity index is 1.83. The van der Waals surface area contributed by atoms with E-state index >= 15 is 0 Å². The minimum Gasteiger partial charge on any atom is -0.353 e. The number of rotatable bonds is 6. The molecule has 3 aromatic rings. The molecule has 0 aliphatic carbocycles. The first-order chi connectivity index (χ1) is 13.6. The second-order valence-corrected chi connectivity index (χ2v) is 6.76. The Hall–Kier alpha value is -3.65. The van der Waals surface area contributed by atoms with Crippen LogP contribution in [-0.2, 0) is 6.54 Å². The molecular formula is C23H22N4O. The Morgan fingerprint density at radius 2 is 1.82 bits per heavy atom. The smallest absolute Gasteiger partial charge is 0.256 e. The van der Waals surface area contributed by atoms with Crippen LogP contribution in [0.3, 0.4) is 0 Å². The fourth-order valence-electron chi connectivity index (χ4n) is 2.91. The van der Waals surface area contributed by atoms with Crippen molar-refractivity contribution < 1.29 is 4.79 Å². The molecule has 1 N–H and O–H groups in total. The minimum absolute atomic E-state index is 0.0450. The largest absolute Gasteiger partial charge is 0.353 e. The molecule has 0 saturated heterocycles.